The SMILES string of the molecule is NCCCCCCCCCCCCCCCCCCCCCCCCCCCCCCCCCCCP(=O)(O)O. The first-order chi connectivity index (χ1) is 19.6. The van der Waals surface area contributed by atoms with Crippen molar-refractivity contribution in [2.45, 2.75) is 212 Å². The van der Waals surface area contributed by atoms with E-state index < -0.39 is 7.60 Å². The maximum atomic E-state index is 10.8. The normalized spacial score (nSPS) is 12.0. The van der Waals surface area contributed by atoms with Crippen LogP contribution >= 0.6 is 7.60 Å². The minimum Gasteiger partial charge on any atom is -0.330 e. The average molecular weight is 588 g/mol. The lowest BCUT2D eigenvalue weighted by Crippen LogP contribution is -1.97. The van der Waals surface area contributed by atoms with Crippen molar-refractivity contribution in [3.05, 3.63) is 0 Å². The average Bonchev–Trinajstić information content (AvgIpc) is 2.92. The van der Waals surface area contributed by atoms with E-state index in [1.807, 2.05) is 0 Å². The summed E-state index contributed by atoms with van der Waals surface area (Å²) < 4.78 is 10.8. The van der Waals surface area contributed by atoms with Crippen LogP contribution in [0.1, 0.15) is 212 Å². The first-order valence-corrected chi connectivity index (χ1v) is 20.1. The van der Waals surface area contributed by atoms with E-state index in [1.165, 1.54) is 193 Å². The van der Waals surface area contributed by atoms with E-state index in [1.54, 1.807) is 0 Å². The summed E-state index contributed by atoms with van der Waals surface area (Å²) in [5, 5.41) is 0. The second-order valence-corrected chi connectivity index (χ2v) is 14.6. The summed E-state index contributed by atoms with van der Waals surface area (Å²) in [4.78, 5) is 17.7. The number of hydrogen-bond acceptors (Lipinski definition) is 2. The van der Waals surface area contributed by atoms with Crippen molar-refractivity contribution in [1.29, 1.82) is 0 Å². The molecule has 0 rings (SSSR count). The van der Waals surface area contributed by atoms with Gasteiger partial charge in [0, 0.05) is 6.16 Å². The Morgan fingerprint density at radius 3 is 0.600 bits per heavy atom. The first kappa shape index (κ1) is 40.1. The van der Waals surface area contributed by atoms with Crippen molar-refractivity contribution in [2.75, 3.05) is 12.7 Å². The molecule has 5 heteroatoms. The molecule has 0 bridgehead atoms. The van der Waals surface area contributed by atoms with E-state index in [-0.39, 0.29) is 6.16 Å². The maximum absolute atomic E-state index is 10.8. The highest BCUT2D eigenvalue weighted by molar-refractivity contribution is 7.51. The van der Waals surface area contributed by atoms with E-state index in [9.17, 15) is 4.57 Å². The summed E-state index contributed by atoms with van der Waals surface area (Å²) >= 11 is 0. The van der Waals surface area contributed by atoms with Gasteiger partial charge in [-0.25, -0.2) is 0 Å². The van der Waals surface area contributed by atoms with Gasteiger partial charge in [-0.3, -0.25) is 4.57 Å². The van der Waals surface area contributed by atoms with E-state index in [2.05, 4.69) is 0 Å². The van der Waals surface area contributed by atoms with Crippen LogP contribution in [0.2, 0.25) is 0 Å². The molecule has 4 nitrogen and oxygen atoms in total. The molecule has 0 saturated heterocycles. The van der Waals surface area contributed by atoms with Crippen molar-refractivity contribution in [1.82, 2.24) is 0 Å². The molecule has 0 spiro atoms. The van der Waals surface area contributed by atoms with Crippen LogP contribution in [0.15, 0.2) is 0 Å². The molecule has 0 amide bonds. The molecule has 0 aromatic carbocycles. The second-order valence-electron chi connectivity index (χ2n) is 12.8. The standard InChI is InChI=1S/C35H74NO3P/c36-34-32-30-28-26-24-22-20-18-16-14-12-10-8-6-4-2-1-3-5-7-9-11-13-15-17-19-21-23-25-27-29-31-33-35-40(37,38)39/h1-36H2,(H2,37,38,39). The summed E-state index contributed by atoms with van der Waals surface area (Å²) in [7, 11) is -3.77. The minimum absolute atomic E-state index is 0.0606. The van der Waals surface area contributed by atoms with Crippen molar-refractivity contribution in [3.63, 3.8) is 0 Å². The molecule has 0 fully saturated rings. The Bertz CT molecular complexity index is 511. The fourth-order valence-corrected chi connectivity index (χ4v) is 6.58. The Labute approximate surface area is 252 Å². The number of unbranched alkanes of at least 4 members (excludes halogenated alkanes) is 32. The molecular formula is C35H74NO3P. The molecule has 0 aromatic heterocycles. The summed E-state index contributed by atoms with van der Waals surface area (Å²) in [6.07, 6.45) is 45.2. The van der Waals surface area contributed by atoms with E-state index in [4.69, 9.17) is 15.5 Å². The molecule has 0 heterocycles. The van der Waals surface area contributed by atoms with E-state index >= 15 is 0 Å². The lowest BCUT2D eigenvalue weighted by molar-refractivity contribution is 0.370. The van der Waals surface area contributed by atoms with Crippen LogP contribution in [0.3, 0.4) is 0 Å². The fraction of sp³-hybridized carbons (Fsp3) is 1.00. The molecule has 0 aliphatic heterocycles. The zero-order valence-electron chi connectivity index (χ0n) is 27.1. The maximum Gasteiger partial charge on any atom is 0.325 e. The highest BCUT2D eigenvalue weighted by Gasteiger charge is 2.10. The highest BCUT2D eigenvalue weighted by atomic mass is 31.2. The molecule has 0 radical (unpaired) electrons. The van der Waals surface area contributed by atoms with Gasteiger partial charge in [-0.1, -0.05) is 199 Å². The van der Waals surface area contributed by atoms with Crippen molar-refractivity contribution in [2.24, 2.45) is 5.73 Å². The van der Waals surface area contributed by atoms with Gasteiger partial charge in [0.2, 0.25) is 0 Å². The summed E-state index contributed by atoms with van der Waals surface area (Å²) in [5.74, 6) is 0. The third kappa shape index (κ3) is 38.1. The van der Waals surface area contributed by atoms with Crippen LogP contribution in [0.5, 0.6) is 0 Å². The smallest absolute Gasteiger partial charge is 0.325 e. The van der Waals surface area contributed by atoms with Gasteiger partial charge in [0.05, 0.1) is 0 Å². The molecule has 0 saturated carbocycles. The van der Waals surface area contributed by atoms with Gasteiger partial charge in [-0.15, -0.1) is 0 Å². The fourth-order valence-electron chi connectivity index (χ4n) is 5.94. The Balaban J connectivity index is 3.04. The monoisotopic (exact) mass is 588 g/mol. The first-order valence-electron chi connectivity index (χ1n) is 18.3. The molecule has 0 aromatic rings. The van der Waals surface area contributed by atoms with E-state index in [0.29, 0.717) is 6.42 Å². The molecule has 4 N–H and O–H groups in total. The third-order valence-corrected chi connectivity index (χ3v) is 9.55. The Morgan fingerprint density at radius 1 is 0.300 bits per heavy atom. The van der Waals surface area contributed by atoms with Gasteiger partial charge in [-0.05, 0) is 19.4 Å². The zero-order chi connectivity index (χ0) is 29.2. The van der Waals surface area contributed by atoms with Crippen molar-refractivity contribution >= 4 is 7.60 Å². The Hall–Kier alpha value is 0.110. The van der Waals surface area contributed by atoms with Crippen molar-refractivity contribution in [3.8, 4) is 0 Å². The topological polar surface area (TPSA) is 83.6 Å². The van der Waals surface area contributed by atoms with Gasteiger partial charge in [0.25, 0.3) is 0 Å². The molecule has 0 atom stereocenters. The number of hydrogen-bond donors (Lipinski definition) is 3. The Kier molecular flexibility index (Phi) is 33.7. The van der Waals surface area contributed by atoms with Crippen LogP contribution in [-0.2, 0) is 4.57 Å². The number of nitrogens with two attached hydrogens (primary N) is 1. The summed E-state index contributed by atoms with van der Waals surface area (Å²) in [6, 6.07) is 0. The second kappa shape index (κ2) is 33.6. The third-order valence-electron chi connectivity index (χ3n) is 8.65. The summed E-state index contributed by atoms with van der Waals surface area (Å²) in [5.41, 5.74) is 5.54. The molecular weight excluding hydrogens is 513 g/mol. The minimum atomic E-state index is -3.77. The van der Waals surface area contributed by atoms with Crippen molar-refractivity contribution < 1.29 is 14.4 Å². The lowest BCUT2D eigenvalue weighted by Gasteiger charge is -2.05. The largest absolute Gasteiger partial charge is 0.330 e. The molecule has 242 valence electrons. The predicted molar refractivity (Wildman–Crippen MR) is 178 cm³/mol. The number of rotatable bonds is 35. The quantitative estimate of drug-likeness (QED) is 0.0508. The molecule has 40 heavy (non-hydrogen) atoms. The summed E-state index contributed by atoms with van der Waals surface area (Å²) in [6.45, 7) is 0.865. The predicted octanol–water partition coefficient (Wildman–Crippen LogP) is 12.0. The van der Waals surface area contributed by atoms with Gasteiger partial charge in [0.1, 0.15) is 0 Å². The molecule has 0 unspecified atom stereocenters. The van der Waals surface area contributed by atoms with Gasteiger partial charge < -0.3 is 15.5 Å². The van der Waals surface area contributed by atoms with Gasteiger partial charge in [0.15, 0.2) is 0 Å². The zero-order valence-corrected chi connectivity index (χ0v) is 28.0. The van der Waals surface area contributed by atoms with Crippen LogP contribution in [0.4, 0.5) is 0 Å². The van der Waals surface area contributed by atoms with Gasteiger partial charge >= 0.3 is 7.60 Å². The van der Waals surface area contributed by atoms with Crippen LogP contribution in [-0.4, -0.2) is 22.5 Å². The highest BCUT2D eigenvalue weighted by Crippen LogP contribution is 2.35. The van der Waals surface area contributed by atoms with E-state index in [0.717, 1.165) is 19.4 Å². The van der Waals surface area contributed by atoms with Crippen LogP contribution in [0.25, 0.3) is 0 Å². The molecule has 0 aliphatic carbocycles. The lowest BCUT2D eigenvalue weighted by atomic mass is 10.0. The van der Waals surface area contributed by atoms with Gasteiger partial charge in [-0.2, -0.15) is 0 Å². The van der Waals surface area contributed by atoms with Crippen LogP contribution in [0, 0.1) is 0 Å². The van der Waals surface area contributed by atoms with Crippen LogP contribution < -0.4 is 5.73 Å². The molecule has 0 aliphatic rings. The Morgan fingerprint density at radius 2 is 0.450 bits per heavy atom.